The van der Waals surface area contributed by atoms with Crippen LogP contribution in [0.1, 0.15) is 0 Å². The van der Waals surface area contributed by atoms with E-state index in [0.29, 0.717) is 17.5 Å². The number of hydrogen-bond acceptors (Lipinski definition) is 5. The van der Waals surface area contributed by atoms with E-state index in [1.807, 2.05) is 54.6 Å². The maximum atomic E-state index is 6.79. The van der Waals surface area contributed by atoms with Gasteiger partial charge in [-0.25, -0.2) is 15.0 Å². The zero-order valence-corrected chi connectivity index (χ0v) is 34.7. The van der Waals surface area contributed by atoms with Gasteiger partial charge < -0.3 is 13.4 Å². The van der Waals surface area contributed by atoms with Crippen LogP contribution >= 0.6 is 0 Å². The predicted octanol–water partition coefficient (Wildman–Crippen LogP) is 15.7. The van der Waals surface area contributed by atoms with Gasteiger partial charge in [0.25, 0.3) is 0 Å². The molecule has 0 amide bonds. The lowest BCUT2D eigenvalue weighted by atomic mass is 9.91. The van der Waals surface area contributed by atoms with Gasteiger partial charge in [0, 0.05) is 60.1 Å². The molecule has 14 rings (SSSR count). The van der Waals surface area contributed by atoms with E-state index in [1.54, 1.807) is 0 Å². The number of benzene rings is 10. The molecule has 0 saturated carbocycles. The van der Waals surface area contributed by atoms with Gasteiger partial charge in [-0.1, -0.05) is 133 Å². The van der Waals surface area contributed by atoms with Crippen molar-refractivity contribution in [3.05, 3.63) is 206 Å². The molecule has 10 aromatic carbocycles. The van der Waals surface area contributed by atoms with Gasteiger partial charge in [-0.05, 0) is 100 Å². The fourth-order valence-electron chi connectivity index (χ4n) is 10.0. The maximum Gasteiger partial charge on any atom is 0.164 e. The molecule has 302 valence electrons. The monoisotopic (exact) mass is 830 g/mol. The summed E-state index contributed by atoms with van der Waals surface area (Å²) in [6.45, 7) is 0. The molecule has 0 aliphatic heterocycles. The van der Waals surface area contributed by atoms with Crippen LogP contribution in [-0.2, 0) is 0 Å². The molecule has 4 heterocycles. The third kappa shape index (κ3) is 5.51. The lowest BCUT2D eigenvalue weighted by Crippen LogP contribution is -2.02. The van der Waals surface area contributed by atoms with E-state index in [9.17, 15) is 0 Å². The van der Waals surface area contributed by atoms with Crippen molar-refractivity contribution < 1.29 is 8.83 Å². The summed E-state index contributed by atoms with van der Waals surface area (Å²) in [5, 5.41) is 11.1. The fraction of sp³-hybridized carbons (Fsp3) is 0. The summed E-state index contributed by atoms with van der Waals surface area (Å²) in [6, 6.07) is 72.2. The fourth-order valence-corrected chi connectivity index (χ4v) is 10.0. The zero-order chi connectivity index (χ0) is 42.6. The van der Waals surface area contributed by atoms with Crippen LogP contribution in [0.2, 0.25) is 0 Å². The molecule has 0 spiro atoms. The first kappa shape index (κ1) is 35.7. The molecule has 14 aromatic rings. The van der Waals surface area contributed by atoms with Crippen molar-refractivity contribution in [1.82, 2.24) is 19.5 Å². The first-order chi connectivity index (χ1) is 32.2. The van der Waals surface area contributed by atoms with Crippen LogP contribution in [-0.4, -0.2) is 19.5 Å². The highest BCUT2D eigenvalue weighted by molar-refractivity contribution is 6.22. The Hall–Kier alpha value is -8.87. The van der Waals surface area contributed by atoms with Gasteiger partial charge in [0.1, 0.15) is 22.3 Å². The minimum atomic E-state index is 0.565. The molecule has 0 unspecified atom stereocenters. The van der Waals surface area contributed by atoms with Crippen LogP contribution in [0.25, 0.3) is 138 Å². The summed E-state index contributed by atoms with van der Waals surface area (Å²) in [4.78, 5) is 15.9. The molecule has 6 nitrogen and oxygen atoms in total. The Kier molecular flexibility index (Phi) is 7.59. The third-order valence-corrected chi connectivity index (χ3v) is 13.0. The Morgan fingerprint density at radius 2 is 0.954 bits per heavy atom. The first-order valence-electron chi connectivity index (χ1n) is 21.8. The van der Waals surface area contributed by atoms with Crippen molar-refractivity contribution in [1.29, 1.82) is 0 Å². The molecule has 0 bridgehead atoms. The topological polar surface area (TPSA) is 69.9 Å². The highest BCUT2D eigenvalue weighted by Gasteiger charge is 2.23. The number of rotatable bonds is 5. The van der Waals surface area contributed by atoms with E-state index in [0.717, 1.165) is 99.2 Å². The number of hydrogen-bond donors (Lipinski definition) is 0. The van der Waals surface area contributed by atoms with Crippen molar-refractivity contribution in [2.24, 2.45) is 0 Å². The Labute approximate surface area is 371 Å². The zero-order valence-electron chi connectivity index (χ0n) is 34.7. The maximum absolute atomic E-state index is 6.79. The number of nitrogens with zero attached hydrogens (tertiary/aromatic N) is 4. The smallest absolute Gasteiger partial charge is 0.164 e. The van der Waals surface area contributed by atoms with E-state index in [4.69, 9.17) is 23.8 Å². The molecule has 0 atom stereocenters. The van der Waals surface area contributed by atoms with Crippen LogP contribution in [0.15, 0.2) is 215 Å². The van der Waals surface area contributed by atoms with Crippen LogP contribution in [0.3, 0.4) is 0 Å². The van der Waals surface area contributed by atoms with Gasteiger partial charge in [0.05, 0.1) is 11.0 Å². The lowest BCUT2D eigenvalue weighted by Gasteiger charge is -2.17. The second-order valence-electron chi connectivity index (χ2n) is 16.7. The minimum Gasteiger partial charge on any atom is -0.456 e. The molecule has 0 radical (unpaired) electrons. The van der Waals surface area contributed by atoms with E-state index in [1.165, 1.54) is 21.5 Å². The summed E-state index contributed by atoms with van der Waals surface area (Å²) in [7, 11) is 0. The van der Waals surface area contributed by atoms with Gasteiger partial charge in [0.2, 0.25) is 0 Å². The van der Waals surface area contributed by atoms with Crippen molar-refractivity contribution >= 4 is 87.2 Å². The SMILES string of the molecule is c1ccc(-c2nc(-c3ccc4oc5ccccc5c4c3)nc(-c3ccc(-n4c5ccccc5c5cc6ccccc6cc54)cc3-c3cc4ccccc4c4oc5ccccc5c34)n2)cc1. The van der Waals surface area contributed by atoms with Crippen LogP contribution in [0.5, 0.6) is 0 Å². The van der Waals surface area contributed by atoms with Crippen LogP contribution in [0, 0.1) is 0 Å². The molecule has 0 aliphatic rings. The number of aromatic nitrogens is 4. The highest BCUT2D eigenvalue weighted by atomic mass is 16.3. The molecular weight excluding hydrogens is 797 g/mol. The normalized spacial score (nSPS) is 12.0. The Bertz CT molecular complexity index is 4250. The standard InChI is InChI=1S/C59H34N4O2/c1-2-14-35(15-3-1)57-60-58(39-26-29-54-48(32-39)43-21-9-12-24-52(43)64-54)62-59(61-57)44-28-27-40(63-50-23-11-8-20-42(50)47-30-36-16-4-5-17-37(36)33-51(47)63)34-46(44)49-31-38-18-6-7-19-41(38)56-55(49)45-22-10-13-25-53(45)65-56/h1-34H. The van der Waals surface area contributed by atoms with Gasteiger partial charge in [0.15, 0.2) is 17.5 Å². The third-order valence-electron chi connectivity index (χ3n) is 13.0. The molecule has 0 fully saturated rings. The Balaban J connectivity index is 1.09. The quantitative estimate of drug-likeness (QED) is 0.173. The molecule has 4 aromatic heterocycles. The van der Waals surface area contributed by atoms with E-state index >= 15 is 0 Å². The molecule has 6 heteroatoms. The van der Waals surface area contributed by atoms with Crippen molar-refractivity contribution in [3.8, 4) is 51.0 Å². The summed E-state index contributed by atoms with van der Waals surface area (Å²) < 4.78 is 15.4. The number of para-hydroxylation sites is 3. The van der Waals surface area contributed by atoms with Crippen LogP contribution < -0.4 is 0 Å². The van der Waals surface area contributed by atoms with E-state index in [-0.39, 0.29) is 0 Å². The van der Waals surface area contributed by atoms with E-state index < -0.39 is 0 Å². The summed E-state index contributed by atoms with van der Waals surface area (Å²) in [5.74, 6) is 1.72. The molecule has 0 saturated heterocycles. The lowest BCUT2D eigenvalue weighted by molar-refractivity contribution is 0.669. The molecule has 65 heavy (non-hydrogen) atoms. The molecule has 0 N–H and O–H groups in total. The predicted molar refractivity (Wildman–Crippen MR) is 265 cm³/mol. The molecular formula is C59H34N4O2. The number of fused-ring (bicyclic) bond motifs is 12. The van der Waals surface area contributed by atoms with Crippen molar-refractivity contribution in [3.63, 3.8) is 0 Å². The average molecular weight is 831 g/mol. The second kappa shape index (κ2) is 13.8. The number of furan rings is 2. The minimum absolute atomic E-state index is 0.565. The second-order valence-corrected chi connectivity index (χ2v) is 16.7. The van der Waals surface area contributed by atoms with E-state index in [2.05, 4.69) is 156 Å². The summed E-state index contributed by atoms with van der Waals surface area (Å²) >= 11 is 0. The summed E-state index contributed by atoms with van der Waals surface area (Å²) in [6.07, 6.45) is 0. The average Bonchev–Trinajstić information content (AvgIpc) is 4.05. The Morgan fingerprint density at radius 1 is 0.323 bits per heavy atom. The van der Waals surface area contributed by atoms with Gasteiger partial charge >= 0.3 is 0 Å². The molecule has 0 aliphatic carbocycles. The van der Waals surface area contributed by atoms with Crippen molar-refractivity contribution in [2.75, 3.05) is 0 Å². The summed E-state index contributed by atoms with van der Waals surface area (Å²) in [5.41, 5.74) is 11.3. The largest absolute Gasteiger partial charge is 0.456 e. The van der Waals surface area contributed by atoms with Crippen molar-refractivity contribution in [2.45, 2.75) is 0 Å². The van der Waals surface area contributed by atoms with Gasteiger partial charge in [-0.3, -0.25) is 0 Å². The van der Waals surface area contributed by atoms with Crippen LogP contribution in [0.4, 0.5) is 0 Å². The first-order valence-corrected chi connectivity index (χ1v) is 21.8. The van der Waals surface area contributed by atoms with Gasteiger partial charge in [-0.2, -0.15) is 0 Å². The highest BCUT2D eigenvalue weighted by Crippen LogP contribution is 2.46. The Morgan fingerprint density at radius 3 is 1.78 bits per heavy atom. The van der Waals surface area contributed by atoms with Gasteiger partial charge in [-0.15, -0.1) is 0 Å².